The van der Waals surface area contributed by atoms with Gasteiger partial charge in [0.15, 0.2) is 5.54 Å². The number of aromatic nitrogens is 2. The summed E-state index contributed by atoms with van der Waals surface area (Å²) in [7, 11) is 1.61. The summed E-state index contributed by atoms with van der Waals surface area (Å²) in [5.41, 5.74) is 9.93. The lowest BCUT2D eigenvalue weighted by Crippen LogP contribution is -2.46. The lowest BCUT2D eigenvalue weighted by atomic mass is 9.85. The molecular weight excluding hydrogens is 553 g/mol. The van der Waals surface area contributed by atoms with Crippen LogP contribution in [0.3, 0.4) is 0 Å². The fourth-order valence-corrected chi connectivity index (χ4v) is 5.61. The molecular formula is C31H32N6O2S2. The number of benzene rings is 3. The zero-order valence-corrected chi connectivity index (χ0v) is 24.7. The molecule has 1 unspecified atom stereocenters. The molecule has 10 heteroatoms. The number of nitrogens with zero attached hydrogens (tertiary/aromatic N) is 4. The molecule has 1 aromatic heterocycles. The monoisotopic (exact) mass is 584 g/mol. The van der Waals surface area contributed by atoms with E-state index in [-0.39, 0.29) is 6.03 Å². The van der Waals surface area contributed by atoms with Crippen LogP contribution in [0.5, 0.6) is 5.75 Å². The summed E-state index contributed by atoms with van der Waals surface area (Å²) < 4.78 is 7.27. The Balaban J connectivity index is 1.61. The fraction of sp³-hybridized carbons (Fsp3) is 0.194. The van der Waals surface area contributed by atoms with Gasteiger partial charge in [-0.2, -0.15) is 12.6 Å². The minimum Gasteiger partial charge on any atom is -0.497 e. The Bertz CT molecular complexity index is 1570. The largest absolute Gasteiger partial charge is 0.497 e. The Kier molecular flexibility index (Phi) is 8.41. The number of carbonyl (C=O) groups excluding carboxylic acids is 1. The minimum absolute atomic E-state index is 0.309. The van der Waals surface area contributed by atoms with Crippen molar-refractivity contribution in [1.29, 1.82) is 0 Å². The number of rotatable bonds is 10. The zero-order valence-electron chi connectivity index (χ0n) is 22.9. The minimum atomic E-state index is -1.26. The predicted molar refractivity (Wildman–Crippen MR) is 169 cm³/mol. The Hall–Kier alpha value is -4.15. The maximum atomic E-state index is 13.7. The molecule has 1 aliphatic rings. The quantitative estimate of drug-likeness (QED) is 0.165. The van der Waals surface area contributed by atoms with E-state index in [0.29, 0.717) is 41.9 Å². The lowest BCUT2D eigenvalue weighted by molar-refractivity contribution is 0.225. The van der Waals surface area contributed by atoms with Crippen molar-refractivity contribution in [3.8, 4) is 5.75 Å². The number of ether oxygens (including phenoxy) is 1. The first-order valence-corrected chi connectivity index (χ1v) is 14.8. The van der Waals surface area contributed by atoms with Crippen molar-refractivity contribution in [2.75, 3.05) is 19.1 Å². The second-order valence-electron chi connectivity index (χ2n) is 9.56. The highest BCUT2D eigenvalue weighted by Crippen LogP contribution is 2.40. The number of carbonyl (C=O) groups is 1. The van der Waals surface area contributed by atoms with Gasteiger partial charge in [0.25, 0.3) is 0 Å². The zero-order chi connectivity index (χ0) is 29.0. The molecule has 3 N–H and O–H groups in total. The molecule has 1 saturated heterocycles. The molecule has 1 atom stereocenters. The van der Waals surface area contributed by atoms with Gasteiger partial charge in [-0.3, -0.25) is 4.90 Å². The van der Waals surface area contributed by atoms with Crippen molar-refractivity contribution in [2.45, 2.75) is 29.3 Å². The van der Waals surface area contributed by atoms with Crippen molar-refractivity contribution in [3.63, 3.8) is 0 Å². The van der Waals surface area contributed by atoms with Gasteiger partial charge < -0.3 is 20.4 Å². The van der Waals surface area contributed by atoms with Crippen molar-refractivity contribution < 1.29 is 9.53 Å². The average Bonchev–Trinajstić information content (AvgIpc) is 3.50. The molecule has 4 aromatic rings. The smallest absolute Gasteiger partial charge is 0.324 e. The summed E-state index contributed by atoms with van der Waals surface area (Å²) in [5.74, 6) is 2.21. The third-order valence-corrected chi connectivity index (χ3v) is 8.27. The second-order valence-corrected chi connectivity index (χ2v) is 10.8. The van der Waals surface area contributed by atoms with Gasteiger partial charge in [0.1, 0.15) is 23.1 Å². The molecule has 5 rings (SSSR count). The molecule has 0 radical (unpaired) electrons. The number of nitrogens with two attached hydrogens (primary N) is 1. The van der Waals surface area contributed by atoms with Crippen molar-refractivity contribution >= 4 is 42.1 Å². The second kappa shape index (κ2) is 12.2. The number of amidine groups is 1. The van der Waals surface area contributed by atoms with Gasteiger partial charge in [0.05, 0.1) is 26.5 Å². The van der Waals surface area contributed by atoms with E-state index < -0.39 is 5.54 Å². The van der Waals surface area contributed by atoms with Gasteiger partial charge in [-0.25, -0.2) is 14.8 Å². The van der Waals surface area contributed by atoms with Crippen molar-refractivity contribution in [1.82, 2.24) is 19.8 Å². The molecule has 2 heterocycles. The van der Waals surface area contributed by atoms with Crippen LogP contribution in [-0.4, -0.2) is 39.7 Å². The molecule has 0 spiro atoms. The van der Waals surface area contributed by atoms with Crippen LogP contribution in [0.25, 0.3) is 0 Å². The number of anilines is 1. The topological polar surface area (TPSA) is 97.8 Å². The number of methoxy groups -OCH3 is 1. The molecule has 0 saturated carbocycles. The number of aliphatic imine (C=N–C) groups is 1. The number of thiol groups is 1. The fourth-order valence-electron chi connectivity index (χ4n) is 4.99. The first-order chi connectivity index (χ1) is 19.9. The SMILES string of the molecule is C=CN=C1N(Cc2ccc(SC)cc2)C(=O)NC1(c1ccc(OC)cc1)c1ncn(Cc2ccc(CS)cc2)c1N. The van der Waals surface area contributed by atoms with E-state index in [9.17, 15) is 4.79 Å². The van der Waals surface area contributed by atoms with Crippen LogP contribution in [-0.2, 0) is 24.4 Å². The van der Waals surface area contributed by atoms with Crippen LogP contribution < -0.4 is 15.8 Å². The van der Waals surface area contributed by atoms with Gasteiger partial charge in [0, 0.05) is 16.8 Å². The summed E-state index contributed by atoms with van der Waals surface area (Å²) in [6.45, 7) is 4.67. The van der Waals surface area contributed by atoms with E-state index in [4.69, 9.17) is 15.5 Å². The highest BCUT2D eigenvalue weighted by molar-refractivity contribution is 7.98. The van der Waals surface area contributed by atoms with Gasteiger partial charge in [-0.05, 0) is 52.8 Å². The number of imidazole rings is 1. The van der Waals surface area contributed by atoms with Gasteiger partial charge >= 0.3 is 6.03 Å². The highest BCUT2D eigenvalue weighted by Gasteiger charge is 2.54. The van der Waals surface area contributed by atoms with Crippen LogP contribution >= 0.6 is 24.4 Å². The molecule has 2 amide bonds. The van der Waals surface area contributed by atoms with Gasteiger partial charge in [-0.1, -0.05) is 55.1 Å². The first kappa shape index (κ1) is 28.4. The third-order valence-electron chi connectivity index (χ3n) is 7.16. The van der Waals surface area contributed by atoms with Crippen molar-refractivity contribution in [2.24, 2.45) is 4.99 Å². The maximum Gasteiger partial charge on any atom is 0.324 e. The summed E-state index contributed by atoms with van der Waals surface area (Å²) >= 11 is 6.01. The molecule has 41 heavy (non-hydrogen) atoms. The average molecular weight is 585 g/mol. The number of thioether (sulfide) groups is 1. The Morgan fingerprint density at radius 3 is 2.29 bits per heavy atom. The number of amides is 2. The van der Waals surface area contributed by atoms with E-state index in [1.807, 2.05) is 71.5 Å². The number of hydrogen-bond acceptors (Lipinski definition) is 7. The third kappa shape index (κ3) is 5.45. The summed E-state index contributed by atoms with van der Waals surface area (Å²) in [6, 6.07) is 23.5. The number of urea groups is 1. The molecule has 210 valence electrons. The Morgan fingerprint density at radius 2 is 1.68 bits per heavy atom. The molecule has 0 aliphatic carbocycles. The number of hydrogen-bond donors (Lipinski definition) is 3. The van der Waals surface area contributed by atoms with E-state index in [2.05, 4.69) is 41.6 Å². The first-order valence-electron chi connectivity index (χ1n) is 13.0. The van der Waals surface area contributed by atoms with E-state index in [1.54, 1.807) is 30.1 Å². The van der Waals surface area contributed by atoms with Crippen LogP contribution in [0, 0.1) is 0 Å². The Labute approximate surface area is 249 Å². The van der Waals surface area contributed by atoms with Crippen LogP contribution in [0.4, 0.5) is 10.6 Å². The number of nitrogen functional groups attached to an aromatic ring is 1. The molecule has 1 aliphatic heterocycles. The molecule has 0 bridgehead atoms. The van der Waals surface area contributed by atoms with Gasteiger partial charge in [0.2, 0.25) is 0 Å². The summed E-state index contributed by atoms with van der Waals surface area (Å²) in [6.07, 6.45) is 5.17. The van der Waals surface area contributed by atoms with E-state index in [0.717, 1.165) is 27.1 Å². The Morgan fingerprint density at radius 1 is 1.05 bits per heavy atom. The summed E-state index contributed by atoms with van der Waals surface area (Å²) in [4.78, 5) is 25.9. The number of nitrogens with one attached hydrogen (secondary N) is 1. The lowest BCUT2D eigenvalue weighted by Gasteiger charge is -2.29. The molecule has 8 nitrogen and oxygen atoms in total. The standard InChI is InChI=1S/C31H32N6O2S2/c1-4-33-29-31(24-11-13-25(39-2)14-12-24,35-30(38)37(29)18-22-9-15-26(41-3)16-10-22)27-28(32)36(20-34-27)17-21-5-7-23(19-40)8-6-21/h4-16,20,40H,1,17-19,32H2,2-3H3,(H,35,38). The van der Waals surface area contributed by atoms with Crippen LogP contribution in [0.1, 0.15) is 27.9 Å². The maximum absolute atomic E-state index is 13.7. The van der Waals surface area contributed by atoms with Crippen LogP contribution in [0.2, 0.25) is 0 Å². The van der Waals surface area contributed by atoms with Crippen LogP contribution in [0.15, 0.2) is 102 Å². The van der Waals surface area contributed by atoms with E-state index >= 15 is 0 Å². The molecule has 3 aromatic carbocycles. The molecule has 1 fully saturated rings. The predicted octanol–water partition coefficient (Wildman–Crippen LogP) is 5.68. The summed E-state index contributed by atoms with van der Waals surface area (Å²) in [5, 5.41) is 3.20. The van der Waals surface area contributed by atoms with E-state index in [1.165, 1.54) is 6.20 Å². The van der Waals surface area contributed by atoms with Gasteiger partial charge in [-0.15, -0.1) is 11.8 Å². The normalized spacial score (nSPS) is 17.6. The highest BCUT2D eigenvalue weighted by atomic mass is 32.2. The van der Waals surface area contributed by atoms with Crippen molar-refractivity contribution in [3.05, 3.63) is 120 Å².